The van der Waals surface area contributed by atoms with Gasteiger partial charge in [-0.1, -0.05) is 32.1 Å². The van der Waals surface area contributed by atoms with E-state index < -0.39 is 0 Å². The van der Waals surface area contributed by atoms with Crippen molar-refractivity contribution >= 4 is 12.0 Å². The summed E-state index contributed by atoms with van der Waals surface area (Å²) in [5.41, 5.74) is 0.910. The number of amides is 1. The SMILES string of the molecule is COc1cc(C=CC=CC(=O)NCC(C)C)cc2c1OCO2. The Hall–Kier alpha value is -2.43. The van der Waals surface area contributed by atoms with Gasteiger partial charge in [-0.15, -0.1) is 0 Å². The van der Waals surface area contributed by atoms with E-state index in [1.165, 1.54) is 6.08 Å². The molecule has 0 spiro atoms. The van der Waals surface area contributed by atoms with Crippen molar-refractivity contribution in [2.75, 3.05) is 20.4 Å². The molecule has 0 unspecified atom stereocenters. The number of methoxy groups -OCH3 is 1. The largest absolute Gasteiger partial charge is 0.493 e. The van der Waals surface area contributed by atoms with Gasteiger partial charge in [-0.2, -0.15) is 0 Å². The van der Waals surface area contributed by atoms with Gasteiger partial charge < -0.3 is 19.5 Å². The molecule has 1 aliphatic rings. The molecule has 0 fully saturated rings. The van der Waals surface area contributed by atoms with Gasteiger partial charge >= 0.3 is 0 Å². The fourth-order valence-electron chi connectivity index (χ4n) is 1.92. The summed E-state index contributed by atoms with van der Waals surface area (Å²) in [5.74, 6) is 2.27. The summed E-state index contributed by atoms with van der Waals surface area (Å²) >= 11 is 0. The Morgan fingerprint density at radius 3 is 2.91 bits per heavy atom. The lowest BCUT2D eigenvalue weighted by Gasteiger charge is -2.05. The quantitative estimate of drug-likeness (QED) is 0.648. The van der Waals surface area contributed by atoms with E-state index >= 15 is 0 Å². The average Bonchev–Trinajstić information content (AvgIpc) is 2.97. The topological polar surface area (TPSA) is 56.8 Å². The highest BCUT2D eigenvalue weighted by atomic mass is 16.7. The Morgan fingerprint density at radius 1 is 1.36 bits per heavy atom. The van der Waals surface area contributed by atoms with E-state index in [-0.39, 0.29) is 12.7 Å². The Kier molecular flexibility index (Phi) is 5.47. The molecule has 0 bridgehead atoms. The number of benzene rings is 1. The van der Waals surface area contributed by atoms with Crippen LogP contribution < -0.4 is 19.5 Å². The highest BCUT2D eigenvalue weighted by molar-refractivity contribution is 5.87. The maximum atomic E-state index is 11.5. The molecule has 22 heavy (non-hydrogen) atoms. The maximum Gasteiger partial charge on any atom is 0.243 e. The third kappa shape index (κ3) is 4.28. The van der Waals surface area contributed by atoms with Gasteiger partial charge in [0.2, 0.25) is 18.4 Å². The van der Waals surface area contributed by atoms with E-state index in [0.29, 0.717) is 29.7 Å². The lowest BCUT2D eigenvalue weighted by Crippen LogP contribution is -2.25. The molecule has 5 nitrogen and oxygen atoms in total. The zero-order chi connectivity index (χ0) is 15.9. The summed E-state index contributed by atoms with van der Waals surface area (Å²) < 4.78 is 16.0. The van der Waals surface area contributed by atoms with Crippen molar-refractivity contribution in [1.82, 2.24) is 5.32 Å². The van der Waals surface area contributed by atoms with Crippen molar-refractivity contribution in [1.29, 1.82) is 0 Å². The molecule has 118 valence electrons. The first-order valence-electron chi connectivity index (χ1n) is 7.20. The molecule has 1 aromatic carbocycles. The molecule has 1 aliphatic heterocycles. The number of allylic oxidation sites excluding steroid dienone is 2. The first-order chi connectivity index (χ1) is 10.6. The highest BCUT2D eigenvalue weighted by Crippen LogP contribution is 2.42. The van der Waals surface area contributed by atoms with Gasteiger partial charge in [-0.25, -0.2) is 0 Å². The van der Waals surface area contributed by atoms with Gasteiger partial charge in [0.1, 0.15) is 0 Å². The Balaban J connectivity index is 1.97. The van der Waals surface area contributed by atoms with Crippen LogP contribution in [0, 0.1) is 5.92 Å². The van der Waals surface area contributed by atoms with Crippen LogP contribution in [-0.2, 0) is 4.79 Å². The zero-order valence-corrected chi connectivity index (χ0v) is 13.1. The minimum Gasteiger partial charge on any atom is -0.493 e. The molecular formula is C17H21NO4. The second-order valence-electron chi connectivity index (χ2n) is 5.31. The van der Waals surface area contributed by atoms with E-state index in [1.54, 1.807) is 19.3 Å². The van der Waals surface area contributed by atoms with E-state index in [1.807, 2.05) is 18.2 Å². The molecule has 1 heterocycles. The summed E-state index contributed by atoms with van der Waals surface area (Å²) in [6, 6.07) is 3.73. The predicted molar refractivity (Wildman–Crippen MR) is 85.1 cm³/mol. The van der Waals surface area contributed by atoms with Crippen LogP contribution in [-0.4, -0.2) is 26.4 Å². The van der Waals surface area contributed by atoms with Crippen LogP contribution in [0.3, 0.4) is 0 Å². The number of ether oxygens (including phenoxy) is 3. The molecule has 2 rings (SSSR count). The summed E-state index contributed by atoms with van der Waals surface area (Å²) in [6.07, 6.45) is 6.87. The standard InChI is InChI=1S/C17H21NO4/c1-12(2)10-18-16(19)7-5-4-6-13-8-14(20-3)17-15(9-13)21-11-22-17/h4-9,12H,10-11H2,1-3H3,(H,18,19). The van der Waals surface area contributed by atoms with Crippen LogP contribution in [0.15, 0.2) is 30.4 Å². The highest BCUT2D eigenvalue weighted by Gasteiger charge is 2.19. The van der Waals surface area contributed by atoms with Gasteiger partial charge in [0.15, 0.2) is 11.5 Å². The normalized spacial score (nSPS) is 13.3. The Morgan fingerprint density at radius 2 is 2.18 bits per heavy atom. The van der Waals surface area contributed by atoms with Crippen LogP contribution >= 0.6 is 0 Å². The van der Waals surface area contributed by atoms with E-state index in [2.05, 4.69) is 19.2 Å². The Labute approximate surface area is 130 Å². The molecule has 1 amide bonds. The van der Waals surface area contributed by atoms with Crippen LogP contribution in [0.25, 0.3) is 6.08 Å². The molecule has 1 N–H and O–H groups in total. The summed E-state index contributed by atoms with van der Waals surface area (Å²) in [5, 5.41) is 2.82. The van der Waals surface area contributed by atoms with E-state index in [4.69, 9.17) is 14.2 Å². The monoisotopic (exact) mass is 303 g/mol. The molecule has 5 heteroatoms. The summed E-state index contributed by atoms with van der Waals surface area (Å²) in [4.78, 5) is 11.5. The molecule has 0 aliphatic carbocycles. The van der Waals surface area contributed by atoms with Gasteiger partial charge in [-0.05, 0) is 23.6 Å². The molecule has 0 aromatic heterocycles. The molecule has 0 saturated heterocycles. The molecule has 0 saturated carbocycles. The zero-order valence-electron chi connectivity index (χ0n) is 13.1. The van der Waals surface area contributed by atoms with Gasteiger partial charge in [0.25, 0.3) is 0 Å². The van der Waals surface area contributed by atoms with E-state index in [0.717, 1.165) is 5.56 Å². The molecule has 0 radical (unpaired) electrons. The van der Waals surface area contributed by atoms with Crippen LogP contribution in [0.5, 0.6) is 17.2 Å². The van der Waals surface area contributed by atoms with E-state index in [9.17, 15) is 4.79 Å². The number of nitrogens with one attached hydrogen (secondary N) is 1. The van der Waals surface area contributed by atoms with Crippen molar-refractivity contribution in [3.63, 3.8) is 0 Å². The first-order valence-corrected chi connectivity index (χ1v) is 7.20. The third-order valence-electron chi connectivity index (χ3n) is 3.01. The number of carbonyl (C=O) groups excluding carboxylic acids is 1. The van der Waals surface area contributed by atoms with Gasteiger partial charge in [0, 0.05) is 12.6 Å². The lowest BCUT2D eigenvalue weighted by molar-refractivity contribution is -0.116. The van der Waals surface area contributed by atoms with Crippen LogP contribution in [0.1, 0.15) is 19.4 Å². The van der Waals surface area contributed by atoms with Gasteiger partial charge in [0.05, 0.1) is 7.11 Å². The van der Waals surface area contributed by atoms with Crippen molar-refractivity contribution in [2.24, 2.45) is 5.92 Å². The maximum absolute atomic E-state index is 11.5. The summed E-state index contributed by atoms with van der Waals surface area (Å²) in [6.45, 7) is 4.98. The van der Waals surface area contributed by atoms with Crippen molar-refractivity contribution in [2.45, 2.75) is 13.8 Å². The predicted octanol–water partition coefficient (Wildman–Crippen LogP) is 2.77. The molecule has 1 aromatic rings. The second kappa shape index (κ2) is 7.54. The number of hydrogen-bond donors (Lipinski definition) is 1. The fraction of sp³-hybridized carbons (Fsp3) is 0.353. The van der Waals surface area contributed by atoms with Gasteiger partial charge in [-0.3, -0.25) is 4.79 Å². The van der Waals surface area contributed by atoms with Crippen LogP contribution in [0.2, 0.25) is 0 Å². The van der Waals surface area contributed by atoms with Crippen LogP contribution in [0.4, 0.5) is 0 Å². The van der Waals surface area contributed by atoms with Crippen molar-refractivity contribution in [3.8, 4) is 17.2 Å². The fourth-order valence-corrected chi connectivity index (χ4v) is 1.92. The Bertz CT molecular complexity index is 591. The number of hydrogen-bond acceptors (Lipinski definition) is 4. The average molecular weight is 303 g/mol. The molecular weight excluding hydrogens is 282 g/mol. The molecule has 0 atom stereocenters. The third-order valence-corrected chi connectivity index (χ3v) is 3.01. The summed E-state index contributed by atoms with van der Waals surface area (Å²) in [7, 11) is 1.59. The number of carbonyl (C=O) groups is 1. The lowest BCUT2D eigenvalue weighted by atomic mass is 10.1. The second-order valence-corrected chi connectivity index (χ2v) is 5.31. The number of rotatable bonds is 6. The smallest absolute Gasteiger partial charge is 0.243 e. The van der Waals surface area contributed by atoms with Crippen molar-refractivity contribution < 1.29 is 19.0 Å². The minimum atomic E-state index is -0.0957. The number of fused-ring (bicyclic) bond motifs is 1. The minimum absolute atomic E-state index is 0.0957. The first kappa shape index (κ1) is 15.9. The van der Waals surface area contributed by atoms with Crippen molar-refractivity contribution in [3.05, 3.63) is 35.9 Å².